The van der Waals surface area contributed by atoms with Crippen LogP contribution in [0.1, 0.15) is 11.1 Å². The van der Waals surface area contributed by atoms with Crippen LogP contribution in [0.5, 0.6) is 5.75 Å². The minimum atomic E-state index is 0.106. The Bertz CT molecular complexity index is 1560. The molecule has 4 rings (SSSR count). The molecule has 4 heteroatoms. The fourth-order valence-corrected chi connectivity index (χ4v) is 2.86. The Morgan fingerprint density at radius 2 is 1.34 bits per heavy atom. The van der Waals surface area contributed by atoms with Gasteiger partial charge < -0.3 is 5.11 Å². The topological polar surface area (TPSA) is 34.0 Å². The number of hydrogen-bond acceptors (Lipinski definition) is 1. The van der Waals surface area contributed by atoms with Gasteiger partial charge in [0.05, 0.1) is 5.56 Å². The van der Waals surface area contributed by atoms with E-state index in [0.29, 0.717) is 11.3 Å². The lowest BCUT2D eigenvalue weighted by Gasteiger charge is -2.03. The molecular formula is C25H11N3O. The van der Waals surface area contributed by atoms with Gasteiger partial charge in [0.1, 0.15) is 16.7 Å². The molecule has 2 aromatic heterocycles. The molecule has 0 spiro atoms. The minimum absolute atomic E-state index is 0.106. The third kappa shape index (κ3) is 3.23. The Morgan fingerprint density at radius 3 is 1.93 bits per heavy atom. The summed E-state index contributed by atoms with van der Waals surface area (Å²) in [5, 5.41) is 10.7. The summed E-state index contributed by atoms with van der Waals surface area (Å²) in [7, 11) is 0. The number of rotatable bonds is 1. The van der Waals surface area contributed by atoms with Crippen molar-refractivity contribution in [1.82, 2.24) is 14.1 Å². The van der Waals surface area contributed by atoms with Crippen LogP contribution in [-0.2, 0) is 0 Å². The molecule has 4 aromatic rings. The van der Waals surface area contributed by atoms with Crippen LogP contribution in [0.2, 0.25) is 0 Å². The van der Waals surface area contributed by atoms with Crippen molar-refractivity contribution >= 4 is 11.0 Å². The zero-order chi connectivity index (χ0) is 20.2. The van der Waals surface area contributed by atoms with Crippen LogP contribution in [0, 0.1) is 78.5 Å². The molecule has 0 aliphatic carbocycles. The first kappa shape index (κ1) is 17.4. The van der Waals surface area contributed by atoms with Crippen molar-refractivity contribution in [3.8, 4) is 83.0 Å². The zero-order valence-corrected chi connectivity index (χ0v) is 15.3. The van der Waals surface area contributed by atoms with Gasteiger partial charge in [0.25, 0.3) is 0 Å². The number of phenolic OH excluding ortho intramolecular Hbond substituents is 1. The van der Waals surface area contributed by atoms with Crippen LogP contribution in [0.25, 0.3) is 16.7 Å². The van der Waals surface area contributed by atoms with E-state index in [1.54, 1.807) is 0 Å². The average molecular weight is 369 g/mol. The van der Waals surface area contributed by atoms with Gasteiger partial charge in [-0.05, 0) is 102 Å². The molecule has 0 fully saturated rings. The van der Waals surface area contributed by atoms with Crippen LogP contribution in [0.4, 0.5) is 0 Å². The third-order valence-corrected chi connectivity index (χ3v) is 4.04. The fourth-order valence-electron chi connectivity index (χ4n) is 2.86. The molecule has 2 aromatic carbocycles. The summed E-state index contributed by atoms with van der Waals surface area (Å²) in [6.45, 7) is 1.95. The van der Waals surface area contributed by atoms with E-state index in [0.717, 1.165) is 16.6 Å². The van der Waals surface area contributed by atoms with Crippen molar-refractivity contribution in [2.24, 2.45) is 0 Å². The van der Waals surface area contributed by atoms with E-state index in [1.165, 1.54) is 0 Å². The summed E-state index contributed by atoms with van der Waals surface area (Å²) in [5.41, 5.74) is 4.35. The number of phenols is 1. The first-order valence-corrected chi connectivity index (χ1v) is 8.52. The van der Waals surface area contributed by atoms with Crippen LogP contribution in [0.3, 0.4) is 0 Å². The zero-order valence-electron chi connectivity index (χ0n) is 15.3. The van der Waals surface area contributed by atoms with E-state index in [1.807, 2.05) is 57.4 Å². The minimum Gasteiger partial charge on any atom is -0.504 e. The summed E-state index contributed by atoms with van der Waals surface area (Å²) in [5.74, 6) is 27.9. The van der Waals surface area contributed by atoms with E-state index in [9.17, 15) is 5.11 Å². The Labute approximate surface area is 168 Å². The molecule has 132 valence electrons. The molecule has 0 aliphatic rings. The van der Waals surface area contributed by atoms with Gasteiger partial charge in [0, 0.05) is 0 Å². The summed E-state index contributed by atoms with van der Waals surface area (Å²) in [6, 6.07) is 11.8. The number of aryl methyl sites for hydroxylation is 1. The number of fused-ring (bicyclic) bond motifs is 4. The van der Waals surface area contributed by atoms with Gasteiger partial charge in [0.15, 0.2) is 5.75 Å². The van der Waals surface area contributed by atoms with Crippen molar-refractivity contribution in [1.29, 1.82) is 0 Å². The van der Waals surface area contributed by atoms with E-state index >= 15 is 0 Å². The number of para-hydroxylation sites is 2. The third-order valence-electron chi connectivity index (χ3n) is 4.04. The molecule has 29 heavy (non-hydrogen) atoms. The van der Waals surface area contributed by atoms with Crippen molar-refractivity contribution < 1.29 is 5.11 Å². The number of nitrogens with zero attached hydrogens (tertiary/aromatic N) is 3. The van der Waals surface area contributed by atoms with Crippen molar-refractivity contribution in [2.45, 2.75) is 6.92 Å². The standard InChI is InChI=1S/C25H11N3O/c1-3-4-5-6-7-8-9-10-11-12-15-21-18-20(2)19-24(25(21)29)28-26-22-16-13-14-17-23(22)27(26)28/h1,13-14,16-19,29H,2H3. The number of terminal acetylenes is 1. The SMILES string of the molecule is C#CC#CC#CC#CC#CC#Cc1cc(C)cc(-n2n3c4ccccc4n23)c1O. The summed E-state index contributed by atoms with van der Waals surface area (Å²) in [6.07, 6.45) is 4.97. The highest BCUT2D eigenvalue weighted by molar-refractivity contribution is 5.79. The highest BCUT2D eigenvalue weighted by Crippen LogP contribution is 2.33. The van der Waals surface area contributed by atoms with Crippen molar-refractivity contribution in [3.05, 3.63) is 47.5 Å². The Morgan fingerprint density at radius 1 is 0.793 bits per heavy atom. The molecular weight excluding hydrogens is 358 g/mol. The molecule has 0 saturated heterocycles. The van der Waals surface area contributed by atoms with Gasteiger partial charge in [-0.2, -0.15) is 0 Å². The largest absolute Gasteiger partial charge is 0.504 e. The van der Waals surface area contributed by atoms with E-state index in [2.05, 4.69) is 65.1 Å². The predicted octanol–water partition coefficient (Wildman–Crippen LogP) is 2.43. The van der Waals surface area contributed by atoms with Crippen LogP contribution in [-0.4, -0.2) is 19.2 Å². The maximum absolute atomic E-state index is 10.7. The molecule has 0 saturated carbocycles. The maximum atomic E-state index is 10.7. The maximum Gasteiger partial charge on any atom is 0.158 e. The molecule has 2 heterocycles. The Kier molecular flexibility index (Phi) is 4.40. The van der Waals surface area contributed by atoms with Crippen LogP contribution < -0.4 is 0 Å². The second-order valence-electron chi connectivity index (χ2n) is 5.93. The average Bonchev–Trinajstić information content (AvgIpc) is 3.38. The normalized spacial score (nSPS) is 8.97. The van der Waals surface area contributed by atoms with Gasteiger partial charge in [0.2, 0.25) is 0 Å². The first-order chi connectivity index (χ1) is 14.2. The highest BCUT2D eigenvalue weighted by atomic mass is 16.3. The lowest BCUT2D eigenvalue weighted by atomic mass is 10.1. The summed E-state index contributed by atoms with van der Waals surface area (Å²) >= 11 is 0. The molecule has 4 nitrogen and oxygen atoms in total. The van der Waals surface area contributed by atoms with Gasteiger partial charge >= 0.3 is 0 Å². The lowest BCUT2D eigenvalue weighted by Crippen LogP contribution is -1.91. The molecule has 0 atom stereocenters. The first-order valence-electron chi connectivity index (χ1n) is 8.52. The van der Waals surface area contributed by atoms with E-state index in [-0.39, 0.29) is 5.75 Å². The number of benzene rings is 2. The number of aromatic nitrogens is 3. The van der Waals surface area contributed by atoms with Crippen molar-refractivity contribution in [2.75, 3.05) is 0 Å². The second-order valence-corrected chi connectivity index (χ2v) is 5.93. The highest BCUT2D eigenvalue weighted by Gasteiger charge is 2.26. The lowest BCUT2D eigenvalue weighted by molar-refractivity contribution is 0.470. The van der Waals surface area contributed by atoms with Crippen LogP contribution >= 0.6 is 0 Å². The molecule has 0 aliphatic heterocycles. The molecule has 1 N–H and O–H groups in total. The quantitative estimate of drug-likeness (QED) is 0.514. The van der Waals surface area contributed by atoms with Gasteiger partial charge in [-0.25, -0.2) is 0 Å². The summed E-state index contributed by atoms with van der Waals surface area (Å²) < 4.78 is 3.96. The van der Waals surface area contributed by atoms with Gasteiger partial charge in [-0.3, -0.25) is 0 Å². The van der Waals surface area contributed by atoms with E-state index in [4.69, 9.17) is 6.42 Å². The Balaban J connectivity index is 1.59. The number of hydrogen-bond donors (Lipinski definition) is 1. The molecule has 0 unspecified atom stereocenters. The smallest absolute Gasteiger partial charge is 0.158 e. The van der Waals surface area contributed by atoms with E-state index < -0.39 is 0 Å². The fraction of sp³-hybridized carbons (Fsp3) is 0.0400. The molecule has 0 bridgehead atoms. The predicted molar refractivity (Wildman–Crippen MR) is 112 cm³/mol. The molecule has 0 radical (unpaired) electrons. The van der Waals surface area contributed by atoms with Crippen LogP contribution in [0.15, 0.2) is 36.4 Å². The Hall–Kier alpha value is -5.00. The van der Waals surface area contributed by atoms with Crippen molar-refractivity contribution in [3.63, 3.8) is 0 Å². The van der Waals surface area contributed by atoms with Gasteiger partial charge in [-0.1, -0.05) is 12.1 Å². The van der Waals surface area contributed by atoms with Gasteiger partial charge in [-0.15, -0.1) is 20.5 Å². The summed E-state index contributed by atoms with van der Waals surface area (Å²) in [4.78, 5) is 1.90. The monoisotopic (exact) mass is 369 g/mol. The molecule has 0 amide bonds. The second kappa shape index (κ2) is 7.32. The number of aromatic hydroxyl groups is 1.